The van der Waals surface area contributed by atoms with Gasteiger partial charge in [0.05, 0.1) is 28.5 Å². The Morgan fingerprint density at radius 2 is 1.56 bits per heavy atom. The highest BCUT2D eigenvalue weighted by Gasteiger charge is 2.32. The molecule has 0 N–H and O–H groups in total. The van der Waals surface area contributed by atoms with Crippen molar-refractivity contribution >= 4 is 34.6 Å². The Bertz CT molecular complexity index is 828. The average molecular weight is 476 g/mol. The molecule has 1 aliphatic carbocycles. The number of para-hydroxylation sites is 2. The smallest absolute Gasteiger partial charge is 0.0893 e. The maximum absolute atomic E-state index is 6.73. The van der Waals surface area contributed by atoms with Gasteiger partial charge in [-0.3, -0.25) is 4.90 Å². The topological polar surface area (TPSA) is 15.7 Å². The van der Waals surface area contributed by atoms with Gasteiger partial charge < -0.3 is 9.64 Å². The minimum Gasteiger partial charge on any atom is -0.381 e. The molecule has 0 spiro atoms. The van der Waals surface area contributed by atoms with Crippen LogP contribution in [0.1, 0.15) is 58.3 Å². The van der Waals surface area contributed by atoms with Crippen molar-refractivity contribution in [2.75, 3.05) is 31.2 Å². The standard InChI is InChI=1S/C27H36Cl2N2O/c1-27(16-6-3-7-17-27)21-32-20-15-25(30-18-8-9-19-30)31(22-11-4-2-5-12-22)26-23(28)13-10-14-24(26)29/h2,4-5,10-14,25H,3,6-9,15-21H2,1H3. The van der Waals surface area contributed by atoms with Gasteiger partial charge in [-0.1, -0.05) is 73.7 Å². The molecular formula is C27H36Cl2N2O. The van der Waals surface area contributed by atoms with E-state index in [0.29, 0.717) is 15.5 Å². The Morgan fingerprint density at radius 1 is 0.906 bits per heavy atom. The molecule has 1 unspecified atom stereocenters. The first-order valence-corrected chi connectivity index (χ1v) is 12.9. The van der Waals surface area contributed by atoms with Crippen LogP contribution in [0.3, 0.4) is 0 Å². The van der Waals surface area contributed by atoms with E-state index in [9.17, 15) is 0 Å². The molecule has 1 saturated heterocycles. The molecule has 0 amide bonds. The molecule has 1 atom stereocenters. The van der Waals surface area contributed by atoms with Gasteiger partial charge in [0.15, 0.2) is 0 Å². The molecule has 2 aliphatic rings. The van der Waals surface area contributed by atoms with Crippen LogP contribution in [0, 0.1) is 5.41 Å². The SMILES string of the molecule is CC1(COCCC(N2CCCC2)N(c2ccccc2)c2c(Cl)cccc2Cl)CCCCC1. The van der Waals surface area contributed by atoms with Crippen LogP contribution in [0.4, 0.5) is 11.4 Å². The molecular weight excluding hydrogens is 439 g/mol. The lowest BCUT2D eigenvalue weighted by molar-refractivity contribution is 0.0223. The van der Waals surface area contributed by atoms with E-state index in [1.807, 2.05) is 18.2 Å². The summed E-state index contributed by atoms with van der Waals surface area (Å²) in [6.45, 7) is 6.17. The second-order valence-corrected chi connectivity index (χ2v) is 10.5. The number of ether oxygens (including phenoxy) is 1. The van der Waals surface area contributed by atoms with E-state index in [2.05, 4.69) is 47.1 Å². The molecule has 1 aliphatic heterocycles. The third-order valence-corrected chi connectivity index (χ3v) is 7.71. The summed E-state index contributed by atoms with van der Waals surface area (Å²) in [5.41, 5.74) is 2.34. The zero-order valence-corrected chi connectivity index (χ0v) is 20.8. The van der Waals surface area contributed by atoms with Crippen LogP contribution in [-0.2, 0) is 4.74 Å². The molecule has 1 saturated carbocycles. The van der Waals surface area contributed by atoms with Gasteiger partial charge in [0.1, 0.15) is 0 Å². The fourth-order valence-corrected chi connectivity index (χ4v) is 5.91. The molecule has 0 bridgehead atoms. The van der Waals surface area contributed by atoms with Crippen molar-refractivity contribution in [3.63, 3.8) is 0 Å². The maximum Gasteiger partial charge on any atom is 0.0893 e. The van der Waals surface area contributed by atoms with Gasteiger partial charge in [0.2, 0.25) is 0 Å². The van der Waals surface area contributed by atoms with Gasteiger partial charge >= 0.3 is 0 Å². The summed E-state index contributed by atoms with van der Waals surface area (Å²) in [6, 6.07) is 16.3. The molecule has 2 aromatic carbocycles. The minimum absolute atomic E-state index is 0.150. The Kier molecular flexibility index (Phi) is 8.39. The van der Waals surface area contributed by atoms with E-state index in [-0.39, 0.29) is 6.17 Å². The summed E-state index contributed by atoms with van der Waals surface area (Å²) >= 11 is 13.5. The van der Waals surface area contributed by atoms with Gasteiger partial charge in [-0.05, 0) is 55.4 Å². The van der Waals surface area contributed by atoms with E-state index < -0.39 is 0 Å². The Labute approximate surface area is 203 Å². The van der Waals surface area contributed by atoms with Gasteiger partial charge in [-0.15, -0.1) is 0 Å². The summed E-state index contributed by atoms with van der Waals surface area (Å²) in [4.78, 5) is 4.90. The summed E-state index contributed by atoms with van der Waals surface area (Å²) in [5.74, 6) is 0. The highest BCUT2D eigenvalue weighted by Crippen LogP contribution is 2.41. The maximum atomic E-state index is 6.73. The van der Waals surface area contributed by atoms with Crippen molar-refractivity contribution in [3.05, 3.63) is 58.6 Å². The van der Waals surface area contributed by atoms with Gasteiger partial charge in [0, 0.05) is 31.8 Å². The molecule has 0 radical (unpaired) electrons. The Hall–Kier alpha value is -1.26. The fourth-order valence-electron chi connectivity index (χ4n) is 5.33. The molecule has 3 nitrogen and oxygen atoms in total. The van der Waals surface area contributed by atoms with Crippen LogP contribution in [0.15, 0.2) is 48.5 Å². The van der Waals surface area contributed by atoms with Crippen LogP contribution in [0.2, 0.25) is 10.0 Å². The van der Waals surface area contributed by atoms with Crippen molar-refractivity contribution < 1.29 is 4.74 Å². The fraction of sp³-hybridized carbons (Fsp3) is 0.556. The second-order valence-electron chi connectivity index (χ2n) is 9.71. The quantitative estimate of drug-likeness (QED) is 0.343. The predicted octanol–water partition coefficient (Wildman–Crippen LogP) is 7.93. The average Bonchev–Trinajstić information content (AvgIpc) is 3.33. The molecule has 32 heavy (non-hydrogen) atoms. The first kappa shape index (κ1) is 23.9. The summed E-state index contributed by atoms with van der Waals surface area (Å²) in [5, 5.41) is 1.36. The number of nitrogens with zero attached hydrogens (tertiary/aromatic N) is 2. The van der Waals surface area contributed by atoms with Crippen molar-refractivity contribution in [3.8, 4) is 0 Å². The number of anilines is 2. The Morgan fingerprint density at radius 3 is 2.22 bits per heavy atom. The number of benzene rings is 2. The van der Waals surface area contributed by atoms with Crippen LogP contribution in [0.5, 0.6) is 0 Å². The van der Waals surface area contributed by atoms with Crippen LogP contribution < -0.4 is 4.90 Å². The van der Waals surface area contributed by atoms with Crippen molar-refractivity contribution in [1.82, 2.24) is 4.90 Å². The number of hydrogen-bond donors (Lipinski definition) is 0. The normalized spacial score (nSPS) is 19.7. The first-order valence-electron chi connectivity index (χ1n) is 12.2. The van der Waals surface area contributed by atoms with Crippen molar-refractivity contribution in [1.29, 1.82) is 0 Å². The largest absolute Gasteiger partial charge is 0.381 e. The first-order chi connectivity index (χ1) is 15.6. The van der Waals surface area contributed by atoms with Crippen LogP contribution in [-0.4, -0.2) is 37.4 Å². The third-order valence-electron chi connectivity index (χ3n) is 7.10. The van der Waals surface area contributed by atoms with Crippen LogP contribution in [0.25, 0.3) is 0 Å². The van der Waals surface area contributed by atoms with E-state index in [1.54, 1.807) is 0 Å². The number of likely N-dealkylation sites (tertiary alicyclic amines) is 1. The predicted molar refractivity (Wildman–Crippen MR) is 136 cm³/mol. The molecule has 5 heteroatoms. The van der Waals surface area contributed by atoms with E-state index in [0.717, 1.165) is 44.1 Å². The molecule has 2 aromatic rings. The molecule has 4 rings (SSSR count). The Balaban J connectivity index is 1.57. The summed E-state index contributed by atoms with van der Waals surface area (Å²) in [6.07, 6.45) is 10.1. The summed E-state index contributed by atoms with van der Waals surface area (Å²) in [7, 11) is 0. The lowest BCUT2D eigenvalue weighted by Crippen LogP contribution is -2.46. The van der Waals surface area contributed by atoms with Crippen molar-refractivity contribution in [2.45, 2.75) is 64.5 Å². The summed E-state index contributed by atoms with van der Waals surface area (Å²) < 4.78 is 6.33. The van der Waals surface area contributed by atoms with E-state index >= 15 is 0 Å². The number of halogens is 2. The highest BCUT2D eigenvalue weighted by molar-refractivity contribution is 6.39. The highest BCUT2D eigenvalue weighted by atomic mass is 35.5. The number of hydrogen-bond acceptors (Lipinski definition) is 3. The molecule has 174 valence electrons. The van der Waals surface area contributed by atoms with E-state index in [4.69, 9.17) is 27.9 Å². The van der Waals surface area contributed by atoms with Crippen molar-refractivity contribution in [2.24, 2.45) is 5.41 Å². The monoisotopic (exact) mass is 474 g/mol. The minimum atomic E-state index is 0.150. The lowest BCUT2D eigenvalue weighted by Gasteiger charge is -2.40. The third kappa shape index (κ3) is 5.80. The number of rotatable bonds is 9. The van der Waals surface area contributed by atoms with Crippen LogP contribution >= 0.6 is 23.2 Å². The zero-order chi connectivity index (χ0) is 22.4. The van der Waals surface area contributed by atoms with Gasteiger partial charge in [0.25, 0.3) is 0 Å². The zero-order valence-electron chi connectivity index (χ0n) is 19.2. The van der Waals surface area contributed by atoms with Gasteiger partial charge in [-0.25, -0.2) is 0 Å². The second kappa shape index (κ2) is 11.2. The molecule has 0 aromatic heterocycles. The molecule has 2 fully saturated rings. The van der Waals surface area contributed by atoms with E-state index in [1.165, 1.54) is 44.9 Å². The molecule has 1 heterocycles. The van der Waals surface area contributed by atoms with Gasteiger partial charge in [-0.2, -0.15) is 0 Å². The lowest BCUT2D eigenvalue weighted by atomic mass is 9.76.